The molecule has 0 radical (unpaired) electrons. The average Bonchev–Trinajstić information content (AvgIpc) is 3.16. The molecule has 3 rings (SSSR count). The Morgan fingerprint density at radius 3 is 2.59 bits per heavy atom. The maximum atomic E-state index is 12.4. The fourth-order valence-corrected chi connectivity index (χ4v) is 2.78. The van der Waals surface area contributed by atoms with Gasteiger partial charge in [-0.15, -0.1) is 0 Å². The highest BCUT2D eigenvalue weighted by Gasteiger charge is 2.17. The first kappa shape index (κ1) is 18.5. The lowest BCUT2D eigenvalue weighted by Crippen LogP contribution is -2.28. The van der Waals surface area contributed by atoms with E-state index in [9.17, 15) is 4.79 Å². The number of carbonyl (C=O) groups excluding carboxylic acids is 1. The molecule has 0 aliphatic carbocycles. The number of amides is 1. The summed E-state index contributed by atoms with van der Waals surface area (Å²) in [6.45, 7) is 3.43. The molecule has 0 unspecified atom stereocenters. The van der Waals surface area contributed by atoms with Crippen molar-refractivity contribution in [3.05, 3.63) is 66.4 Å². The van der Waals surface area contributed by atoms with Gasteiger partial charge < -0.3 is 14.8 Å². The van der Waals surface area contributed by atoms with Crippen LogP contribution in [0.2, 0.25) is 0 Å². The van der Waals surface area contributed by atoms with Gasteiger partial charge in [0, 0.05) is 12.1 Å². The van der Waals surface area contributed by atoms with E-state index in [2.05, 4.69) is 10.4 Å². The van der Waals surface area contributed by atoms with E-state index in [4.69, 9.17) is 9.47 Å². The number of para-hydroxylation sites is 2. The molecule has 0 bridgehead atoms. The van der Waals surface area contributed by atoms with Crippen LogP contribution < -0.4 is 14.8 Å². The summed E-state index contributed by atoms with van der Waals surface area (Å²) in [6, 6.07) is 19.0. The summed E-state index contributed by atoms with van der Waals surface area (Å²) in [5, 5.41) is 7.27. The molecule has 0 spiro atoms. The Hall–Kier alpha value is -3.28. The lowest BCUT2D eigenvalue weighted by molar-refractivity contribution is 0.0941. The molecule has 0 atom stereocenters. The number of rotatable bonds is 8. The number of nitrogens with zero attached hydrogens (tertiary/aromatic N) is 2. The Balaban J connectivity index is 1.66. The summed E-state index contributed by atoms with van der Waals surface area (Å²) >= 11 is 0. The molecule has 6 nitrogen and oxygen atoms in total. The third-order valence-electron chi connectivity index (χ3n) is 4.09. The molecule has 0 saturated carbocycles. The molecule has 3 aromatic rings. The van der Waals surface area contributed by atoms with Gasteiger partial charge in [-0.2, -0.15) is 5.10 Å². The van der Waals surface area contributed by atoms with Crippen LogP contribution in [0.4, 0.5) is 0 Å². The molecule has 1 amide bonds. The first-order valence-corrected chi connectivity index (χ1v) is 8.90. The van der Waals surface area contributed by atoms with E-state index in [0.29, 0.717) is 25.4 Å². The lowest BCUT2D eigenvalue weighted by atomic mass is 10.1. The number of aromatic nitrogens is 2. The van der Waals surface area contributed by atoms with Gasteiger partial charge in [0.25, 0.3) is 5.91 Å². The van der Waals surface area contributed by atoms with Crippen molar-refractivity contribution in [2.24, 2.45) is 0 Å². The number of hydrogen-bond donors (Lipinski definition) is 1. The molecule has 2 aromatic carbocycles. The molecule has 6 heteroatoms. The molecule has 27 heavy (non-hydrogen) atoms. The summed E-state index contributed by atoms with van der Waals surface area (Å²) in [4.78, 5) is 12.4. The Kier molecular flexibility index (Phi) is 6.10. The van der Waals surface area contributed by atoms with E-state index < -0.39 is 0 Å². The maximum Gasteiger partial charge on any atom is 0.271 e. The number of nitrogens with one attached hydrogen (secondary N) is 1. The average molecular weight is 365 g/mol. The van der Waals surface area contributed by atoms with Gasteiger partial charge >= 0.3 is 0 Å². The van der Waals surface area contributed by atoms with E-state index in [1.54, 1.807) is 17.9 Å². The van der Waals surface area contributed by atoms with Crippen LogP contribution in [-0.2, 0) is 6.54 Å². The summed E-state index contributed by atoms with van der Waals surface area (Å²) < 4.78 is 12.8. The number of methoxy groups -OCH3 is 1. The maximum absolute atomic E-state index is 12.4. The van der Waals surface area contributed by atoms with E-state index in [1.165, 1.54) is 0 Å². The predicted molar refractivity (Wildman–Crippen MR) is 104 cm³/mol. The Morgan fingerprint density at radius 2 is 1.85 bits per heavy atom. The zero-order chi connectivity index (χ0) is 19.1. The van der Waals surface area contributed by atoms with Crippen LogP contribution in [0.3, 0.4) is 0 Å². The second-order valence-electron chi connectivity index (χ2n) is 5.85. The van der Waals surface area contributed by atoms with Gasteiger partial charge in [-0.3, -0.25) is 9.48 Å². The van der Waals surface area contributed by atoms with Crippen molar-refractivity contribution in [1.29, 1.82) is 0 Å². The van der Waals surface area contributed by atoms with Crippen molar-refractivity contribution < 1.29 is 14.3 Å². The zero-order valence-corrected chi connectivity index (χ0v) is 15.5. The minimum atomic E-state index is -0.227. The molecule has 0 fully saturated rings. The van der Waals surface area contributed by atoms with E-state index >= 15 is 0 Å². The SMILES string of the molecule is CCn1nc(C(=O)NCCOc2ccccc2)cc1-c1ccccc1OC. The van der Waals surface area contributed by atoms with Crippen molar-refractivity contribution >= 4 is 5.91 Å². The Labute approximate surface area is 158 Å². The van der Waals surface area contributed by atoms with Gasteiger partial charge in [-0.1, -0.05) is 30.3 Å². The number of benzene rings is 2. The Bertz CT molecular complexity index is 891. The van der Waals surface area contributed by atoms with Crippen molar-refractivity contribution in [2.75, 3.05) is 20.3 Å². The monoisotopic (exact) mass is 365 g/mol. The molecular weight excluding hydrogens is 342 g/mol. The van der Waals surface area contributed by atoms with Gasteiger partial charge in [0.2, 0.25) is 0 Å². The minimum Gasteiger partial charge on any atom is -0.496 e. The normalized spacial score (nSPS) is 10.4. The first-order valence-electron chi connectivity index (χ1n) is 8.90. The van der Waals surface area contributed by atoms with Gasteiger partial charge in [-0.25, -0.2) is 0 Å². The van der Waals surface area contributed by atoms with Gasteiger partial charge in [0.1, 0.15) is 18.1 Å². The largest absolute Gasteiger partial charge is 0.496 e. The van der Waals surface area contributed by atoms with Crippen LogP contribution in [0.5, 0.6) is 11.5 Å². The van der Waals surface area contributed by atoms with Crippen molar-refractivity contribution in [1.82, 2.24) is 15.1 Å². The van der Waals surface area contributed by atoms with Crippen molar-refractivity contribution in [3.63, 3.8) is 0 Å². The smallest absolute Gasteiger partial charge is 0.271 e. The van der Waals surface area contributed by atoms with E-state index in [-0.39, 0.29) is 5.91 Å². The van der Waals surface area contributed by atoms with Crippen LogP contribution in [0.1, 0.15) is 17.4 Å². The van der Waals surface area contributed by atoms with Crippen molar-refractivity contribution in [2.45, 2.75) is 13.5 Å². The summed E-state index contributed by atoms with van der Waals surface area (Å²) in [6.07, 6.45) is 0. The molecule has 1 N–H and O–H groups in total. The third-order valence-corrected chi connectivity index (χ3v) is 4.09. The van der Waals surface area contributed by atoms with Gasteiger partial charge in [0.05, 0.1) is 19.3 Å². The van der Waals surface area contributed by atoms with Gasteiger partial charge in [0.15, 0.2) is 5.69 Å². The molecule has 0 aliphatic rings. The zero-order valence-electron chi connectivity index (χ0n) is 15.5. The third kappa shape index (κ3) is 4.47. The van der Waals surface area contributed by atoms with Crippen molar-refractivity contribution in [3.8, 4) is 22.8 Å². The number of ether oxygens (including phenoxy) is 2. The molecule has 0 saturated heterocycles. The second-order valence-corrected chi connectivity index (χ2v) is 5.85. The lowest BCUT2D eigenvalue weighted by Gasteiger charge is -2.09. The quantitative estimate of drug-likeness (QED) is 0.622. The topological polar surface area (TPSA) is 65.4 Å². The Morgan fingerprint density at radius 1 is 1.11 bits per heavy atom. The number of carbonyl (C=O) groups is 1. The summed E-state index contributed by atoms with van der Waals surface area (Å²) in [7, 11) is 1.63. The van der Waals surface area contributed by atoms with Crippen LogP contribution in [-0.4, -0.2) is 35.9 Å². The van der Waals surface area contributed by atoms with Crippen LogP contribution in [0.15, 0.2) is 60.7 Å². The standard InChI is InChI=1S/C21H23N3O3/c1-3-24-19(17-11-7-8-12-20(17)26-2)15-18(23-24)21(25)22-13-14-27-16-9-5-4-6-10-16/h4-12,15H,3,13-14H2,1-2H3,(H,22,25). The second kappa shape index (κ2) is 8.89. The van der Waals surface area contributed by atoms with E-state index in [0.717, 1.165) is 22.8 Å². The molecule has 1 heterocycles. The van der Waals surface area contributed by atoms with Gasteiger partial charge in [-0.05, 0) is 37.3 Å². The summed E-state index contributed by atoms with van der Waals surface area (Å²) in [5.74, 6) is 1.30. The number of hydrogen-bond acceptors (Lipinski definition) is 4. The first-order chi connectivity index (χ1) is 13.2. The predicted octanol–water partition coefficient (Wildman–Crippen LogP) is 3.39. The molecular formula is C21H23N3O3. The highest BCUT2D eigenvalue weighted by molar-refractivity contribution is 5.93. The molecule has 0 aliphatic heterocycles. The highest BCUT2D eigenvalue weighted by Crippen LogP contribution is 2.30. The minimum absolute atomic E-state index is 0.227. The fraction of sp³-hybridized carbons (Fsp3) is 0.238. The molecule has 140 valence electrons. The highest BCUT2D eigenvalue weighted by atomic mass is 16.5. The van der Waals surface area contributed by atoms with Crippen LogP contribution >= 0.6 is 0 Å². The number of aryl methyl sites for hydroxylation is 1. The van der Waals surface area contributed by atoms with E-state index in [1.807, 2.05) is 61.5 Å². The van der Waals surface area contributed by atoms with Crippen LogP contribution in [0.25, 0.3) is 11.3 Å². The molecule has 1 aromatic heterocycles. The van der Waals surface area contributed by atoms with Crippen LogP contribution in [0, 0.1) is 0 Å². The summed E-state index contributed by atoms with van der Waals surface area (Å²) in [5.41, 5.74) is 2.12. The fourth-order valence-electron chi connectivity index (χ4n) is 2.78.